The molecule has 4 heteroatoms. The van der Waals surface area contributed by atoms with Gasteiger partial charge in [0.25, 0.3) is 5.91 Å². The van der Waals surface area contributed by atoms with Crippen molar-refractivity contribution in [3.8, 4) is 0 Å². The second-order valence-electron chi connectivity index (χ2n) is 5.72. The van der Waals surface area contributed by atoms with Crippen LogP contribution in [0.15, 0.2) is 65.6 Å². The quantitative estimate of drug-likeness (QED) is 0.746. The fraction of sp³-hybridized carbons (Fsp3) is 0.158. The number of hydrogen-bond acceptors (Lipinski definition) is 2. The summed E-state index contributed by atoms with van der Waals surface area (Å²) >= 11 is 0. The molecule has 116 valence electrons. The van der Waals surface area contributed by atoms with Crippen molar-refractivity contribution in [2.75, 3.05) is 14.1 Å². The molecule has 0 radical (unpaired) electrons. The van der Waals surface area contributed by atoms with Crippen molar-refractivity contribution in [1.82, 2.24) is 9.47 Å². The van der Waals surface area contributed by atoms with Crippen molar-refractivity contribution in [1.29, 1.82) is 0 Å². The highest BCUT2D eigenvalue weighted by Crippen LogP contribution is 2.13. The van der Waals surface area contributed by atoms with E-state index in [1.54, 1.807) is 25.1 Å². The average molecular weight is 306 g/mol. The highest BCUT2D eigenvalue weighted by molar-refractivity contribution is 5.93. The fourth-order valence-electron chi connectivity index (χ4n) is 2.61. The van der Waals surface area contributed by atoms with Gasteiger partial charge in [-0.15, -0.1) is 0 Å². The van der Waals surface area contributed by atoms with Crippen LogP contribution < -0.4 is 5.43 Å². The van der Waals surface area contributed by atoms with Crippen LogP contribution in [-0.2, 0) is 6.54 Å². The number of fused-ring (bicyclic) bond motifs is 1. The number of benzene rings is 2. The Bertz CT molecular complexity index is 909. The van der Waals surface area contributed by atoms with E-state index < -0.39 is 0 Å². The molecule has 0 saturated heterocycles. The maximum absolute atomic E-state index is 11.9. The van der Waals surface area contributed by atoms with Crippen LogP contribution in [0.2, 0.25) is 0 Å². The molecule has 2 aromatic carbocycles. The first-order valence-corrected chi connectivity index (χ1v) is 7.45. The van der Waals surface area contributed by atoms with E-state index in [9.17, 15) is 9.59 Å². The molecule has 4 nitrogen and oxygen atoms in total. The number of aromatic nitrogens is 1. The first-order chi connectivity index (χ1) is 11.1. The zero-order chi connectivity index (χ0) is 16.4. The summed E-state index contributed by atoms with van der Waals surface area (Å²) in [5.41, 5.74) is 2.69. The molecule has 23 heavy (non-hydrogen) atoms. The van der Waals surface area contributed by atoms with E-state index in [4.69, 9.17) is 0 Å². The fourth-order valence-corrected chi connectivity index (χ4v) is 2.61. The van der Waals surface area contributed by atoms with E-state index >= 15 is 0 Å². The van der Waals surface area contributed by atoms with Crippen LogP contribution >= 0.6 is 0 Å². The average Bonchev–Trinajstić information content (AvgIpc) is 2.57. The van der Waals surface area contributed by atoms with Crippen LogP contribution in [0.4, 0.5) is 0 Å². The van der Waals surface area contributed by atoms with E-state index in [2.05, 4.69) is 0 Å². The number of carbonyl (C=O) groups is 1. The van der Waals surface area contributed by atoms with Gasteiger partial charge >= 0.3 is 0 Å². The summed E-state index contributed by atoms with van der Waals surface area (Å²) in [6, 6.07) is 16.7. The summed E-state index contributed by atoms with van der Waals surface area (Å²) in [7, 11) is 3.48. The molecule has 0 aliphatic rings. The predicted molar refractivity (Wildman–Crippen MR) is 91.8 cm³/mol. The number of amides is 1. The van der Waals surface area contributed by atoms with Gasteiger partial charge in [0.15, 0.2) is 5.43 Å². The van der Waals surface area contributed by atoms with Gasteiger partial charge in [0.1, 0.15) is 0 Å². The van der Waals surface area contributed by atoms with Crippen molar-refractivity contribution in [2.45, 2.75) is 6.54 Å². The third-order valence-corrected chi connectivity index (χ3v) is 3.84. The van der Waals surface area contributed by atoms with Gasteiger partial charge < -0.3 is 9.47 Å². The van der Waals surface area contributed by atoms with Gasteiger partial charge in [-0.2, -0.15) is 0 Å². The van der Waals surface area contributed by atoms with Crippen LogP contribution in [0.3, 0.4) is 0 Å². The van der Waals surface area contributed by atoms with E-state index in [0.717, 1.165) is 16.5 Å². The summed E-state index contributed by atoms with van der Waals surface area (Å²) in [6.45, 7) is 0.650. The SMILES string of the molecule is CN(C)C(=O)c1ccc(Cn2ccc(=O)c3ccccc32)cc1. The standard InChI is InChI=1S/C19H18N2O2/c1-20(2)19(23)15-9-7-14(8-10-15)13-21-12-11-18(22)16-5-3-4-6-17(16)21/h3-12H,13H2,1-2H3. The van der Waals surface area contributed by atoms with Crippen molar-refractivity contribution >= 4 is 16.8 Å². The number of rotatable bonds is 3. The summed E-state index contributed by atoms with van der Waals surface area (Å²) < 4.78 is 2.04. The van der Waals surface area contributed by atoms with E-state index in [0.29, 0.717) is 12.1 Å². The lowest BCUT2D eigenvalue weighted by atomic mass is 10.1. The minimum absolute atomic E-state index is 0.00893. The zero-order valence-corrected chi connectivity index (χ0v) is 13.2. The smallest absolute Gasteiger partial charge is 0.253 e. The van der Waals surface area contributed by atoms with E-state index in [-0.39, 0.29) is 11.3 Å². The Morgan fingerprint density at radius 1 is 1.00 bits per heavy atom. The van der Waals surface area contributed by atoms with Gasteiger partial charge in [0.05, 0.1) is 5.52 Å². The van der Waals surface area contributed by atoms with Crippen LogP contribution in [0.25, 0.3) is 10.9 Å². The molecule has 0 fully saturated rings. The molecule has 1 amide bonds. The Labute approximate surface area is 134 Å². The molecule has 0 aliphatic carbocycles. The lowest BCUT2D eigenvalue weighted by molar-refractivity contribution is 0.0827. The molecule has 3 rings (SSSR count). The van der Waals surface area contributed by atoms with Gasteiger partial charge in [-0.05, 0) is 29.8 Å². The Morgan fingerprint density at radius 3 is 2.39 bits per heavy atom. The molecule has 1 heterocycles. The van der Waals surface area contributed by atoms with Gasteiger partial charge in [-0.1, -0.05) is 24.3 Å². The molecule has 0 bridgehead atoms. The number of hydrogen-bond donors (Lipinski definition) is 0. The van der Waals surface area contributed by atoms with Crippen molar-refractivity contribution in [3.63, 3.8) is 0 Å². The molecule has 0 saturated carbocycles. The molecular formula is C19H18N2O2. The summed E-state index contributed by atoms with van der Waals surface area (Å²) in [5, 5.41) is 0.717. The molecule has 0 unspecified atom stereocenters. The molecule has 0 atom stereocenters. The summed E-state index contributed by atoms with van der Waals surface area (Å²) in [5.74, 6) is -0.00893. The molecular weight excluding hydrogens is 288 g/mol. The van der Waals surface area contributed by atoms with Gasteiger partial charge in [-0.3, -0.25) is 9.59 Å². The van der Waals surface area contributed by atoms with Crippen LogP contribution in [0.1, 0.15) is 15.9 Å². The molecule has 0 N–H and O–H groups in total. The zero-order valence-electron chi connectivity index (χ0n) is 13.2. The molecule has 0 aliphatic heterocycles. The van der Waals surface area contributed by atoms with Crippen molar-refractivity contribution in [2.24, 2.45) is 0 Å². The highest BCUT2D eigenvalue weighted by Gasteiger charge is 2.08. The van der Waals surface area contributed by atoms with Crippen LogP contribution in [-0.4, -0.2) is 29.5 Å². The van der Waals surface area contributed by atoms with Crippen molar-refractivity contribution < 1.29 is 4.79 Å². The summed E-state index contributed by atoms with van der Waals surface area (Å²) in [4.78, 5) is 25.4. The summed E-state index contributed by atoms with van der Waals surface area (Å²) in [6.07, 6.45) is 1.81. The lowest BCUT2D eigenvalue weighted by Crippen LogP contribution is -2.21. The van der Waals surface area contributed by atoms with Crippen molar-refractivity contribution in [3.05, 3.63) is 82.1 Å². The largest absolute Gasteiger partial charge is 0.345 e. The number of nitrogens with zero attached hydrogens (tertiary/aromatic N) is 2. The van der Waals surface area contributed by atoms with Gasteiger partial charge in [-0.25, -0.2) is 0 Å². The predicted octanol–water partition coefficient (Wildman–Crippen LogP) is 2.75. The maximum atomic E-state index is 11.9. The minimum Gasteiger partial charge on any atom is -0.345 e. The number of pyridine rings is 1. The number of para-hydroxylation sites is 1. The Kier molecular flexibility index (Phi) is 3.98. The van der Waals surface area contributed by atoms with Gasteiger partial charge in [0.2, 0.25) is 0 Å². The Morgan fingerprint density at radius 2 is 1.70 bits per heavy atom. The first kappa shape index (κ1) is 15.0. The second-order valence-corrected chi connectivity index (χ2v) is 5.72. The number of carbonyl (C=O) groups excluding carboxylic acids is 1. The third-order valence-electron chi connectivity index (χ3n) is 3.84. The highest BCUT2D eigenvalue weighted by atomic mass is 16.2. The maximum Gasteiger partial charge on any atom is 0.253 e. The minimum atomic E-state index is -0.00893. The molecule has 0 spiro atoms. The third kappa shape index (κ3) is 3.01. The molecule has 3 aromatic rings. The monoisotopic (exact) mass is 306 g/mol. The Hall–Kier alpha value is -2.88. The normalized spacial score (nSPS) is 10.7. The second kappa shape index (κ2) is 6.08. The van der Waals surface area contributed by atoms with Gasteiger partial charge in [0, 0.05) is 43.9 Å². The first-order valence-electron chi connectivity index (χ1n) is 7.45. The van der Waals surface area contributed by atoms with E-state index in [1.165, 1.54) is 0 Å². The lowest BCUT2D eigenvalue weighted by Gasteiger charge is -2.12. The van der Waals surface area contributed by atoms with Crippen LogP contribution in [0, 0.1) is 0 Å². The van der Waals surface area contributed by atoms with E-state index in [1.807, 2.05) is 59.3 Å². The molecule has 1 aromatic heterocycles. The Balaban J connectivity index is 1.93. The topological polar surface area (TPSA) is 42.3 Å². The van der Waals surface area contributed by atoms with Crippen LogP contribution in [0.5, 0.6) is 0 Å².